The van der Waals surface area contributed by atoms with Crippen molar-refractivity contribution in [3.8, 4) is 0 Å². The summed E-state index contributed by atoms with van der Waals surface area (Å²) in [6.45, 7) is 4.93. The number of anilines is 1. The molecule has 156 valence electrons. The van der Waals surface area contributed by atoms with Gasteiger partial charge in [-0.05, 0) is 37.0 Å². The van der Waals surface area contributed by atoms with E-state index in [1.165, 1.54) is 6.07 Å². The van der Waals surface area contributed by atoms with Gasteiger partial charge in [-0.1, -0.05) is 25.4 Å². The summed E-state index contributed by atoms with van der Waals surface area (Å²) in [5.74, 6) is -0.140. The van der Waals surface area contributed by atoms with Crippen LogP contribution in [0.2, 0.25) is 5.02 Å². The maximum atomic E-state index is 12.8. The van der Waals surface area contributed by atoms with E-state index < -0.39 is 17.8 Å². The molecule has 27 heavy (non-hydrogen) atoms. The molecule has 10 heteroatoms. The minimum Gasteiger partial charge on any atom is -0.372 e. The Bertz CT molecular complexity index is 621. The average molecular weight is 451 g/mol. The lowest BCUT2D eigenvalue weighted by molar-refractivity contribution is -0.137. The lowest BCUT2D eigenvalue weighted by Gasteiger charge is -2.34. The van der Waals surface area contributed by atoms with Crippen LogP contribution in [0.1, 0.15) is 32.3 Å². The Morgan fingerprint density at radius 3 is 2.26 bits per heavy atom. The highest BCUT2D eigenvalue weighted by Crippen LogP contribution is 2.34. The number of halogens is 6. The maximum Gasteiger partial charge on any atom is 0.416 e. The largest absolute Gasteiger partial charge is 0.416 e. The number of rotatable bonds is 4. The fourth-order valence-electron chi connectivity index (χ4n) is 2.81. The summed E-state index contributed by atoms with van der Waals surface area (Å²) in [7, 11) is 0. The molecule has 1 atom stereocenters. The summed E-state index contributed by atoms with van der Waals surface area (Å²) >= 11 is 5.99. The van der Waals surface area contributed by atoms with Crippen LogP contribution in [0.3, 0.4) is 0 Å². The first-order valence-corrected chi connectivity index (χ1v) is 8.65. The van der Waals surface area contributed by atoms with Crippen LogP contribution >= 0.6 is 36.4 Å². The molecule has 2 rings (SSSR count). The Morgan fingerprint density at radius 1 is 1.26 bits per heavy atom. The molecular formula is C17H25Cl3F3N3O. The van der Waals surface area contributed by atoms with Crippen LogP contribution in [-0.2, 0) is 11.0 Å². The molecule has 0 aliphatic carbocycles. The first-order chi connectivity index (χ1) is 11.6. The number of hydrogen-bond acceptors (Lipinski definition) is 3. The molecule has 0 radical (unpaired) electrons. The summed E-state index contributed by atoms with van der Waals surface area (Å²) in [5, 5.41) is 2.95. The van der Waals surface area contributed by atoms with Gasteiger partial charge < -0.3 is 16.0 Å². The van der Waals surface area contributed by atoms with Crippen molar-refractivity contribution >= 4 is 48.0 Å². The van der Waals surface area contributed by atoms with Crippen LogP contribution in [0.25, 0.3) is 0 Å². The van der Waals surface area contributed by atoms with Crippen molar-refractivity contribution in [1.29, 1.82) is 0 Å². The zero-order valence-electron chi connectivity index (χ0n) is 15.1. The number of nitrogens with one attached hydrogen (secondary N) is 1. The van der Waals surface area contributed by atoms with Gasteiger partial charge in [-0.2, -0.15) is 13.2 Å². The molecule has 1 aliphatic rings. The third-order valence-corrected chi connectivity index (χ3v) is 4.70. The van der Waals surface area contributed by atoms with Gasteiger partial charge in [0.25, 0.3) is 0 Å². The second kappa shape index (κ2) is 10.6. The van der Waals surface area contributed by atoms with E-state index in [4.69, 9.17) is 17.3 Å². The fraction of sp³-hybridized carbons (Fsp3) is 0.588. The van der Waals surface area contributed by atoms with Crippen LogP contribution in [0.15, 0.2) is 18.2 Å². The Kier molecular flexibility index (Phi) is 10.2. The molecule has 0 aromatic heterocycles. The van der Waals surface area contributed by atoms with Gasteiger partial charge in [-0.3, -0.25) is 4.79 Å². The average Bonchev–Trinajstić information content (AvgIpc) is 2.52. The van der Waals surface area contributed by atoms with E-state index in [0.717, 1.165) is 25.0 Å². The molecule has 4 nitrogen and oxygen atoms in total. The van der Waals surface area contributed by atoms with Gasteiger partial charge in [-0.15, -0.1) is 24.8 Å². The lowest BCUT2D eigenvalue weighted by Crippen LogP contribution is -2.50. The van der Waals surface area contributed by atoms with E-state index in [9.17, 15) is 18.0 Å². The predicted molar refractivity (Wildman–Crippen MR) is 107 cm³/mol. The first kappa shape index (κ1) is 26.1. The number of likely N-dealkylation sites (tertiary alicyclic amines) is 1. The first-order valence-electron chi connectivity index (χ1n) is 8.27. The molecule has 1 unspecified atom stereocenters. The Balaban J connectivity index is 0.00000338. The highest BCUT2D eigenvalue weighted by molar-refractivity contribution is 6.33. The molecule has 3 N–H and O–H groups in total. The molecule has 1 saturated heterocycles. The molecule has 0 bridgehead atoms. The van der Waals surface area contributed by atoms with E-state index >= 15 is 0 Å². The number of amides is 1. The normalized spacial score (nSPS) is 16.4. The van der Waals surface area contributed by atoms with Crippen molar-refractivity contribution in [3.63, 3.8) is 0 Å². The van der Waals surface area contributed by atoms with Crippen molar-refractivity contribution in [2.24, 2.45) is 11.7 Å². The second-order valence-electron chi connectivity index (χ2n) is 6.72. The SMILES string of the molecule is CC(C)C(Nc1ccc(C(F)(F)F)cc1Cl)C(=O)N1CCC(N)CC1.Cl.Cl. The van der Waals surface area contributed by atoms with Gasteiger partial charge >= 0.3 is 6.18 Å². The minimum absolute atomic E-state index is 0. The maximum absolute atomic E-state index is 12.8. The second-order valence-corrected chi connectivity index (χ2v) is 7.13. The monoisotopic (exact) mass is 449 g/mol. The Labute approximate surface area is 174 Å². The third-order valence-electron chi connectivity index (χ3n) is 4.39. The smallest absolute Gasteiger partial charge is 0.372 e. The van der Waals surface area contributed by atoms with Crippen molar-refractivity contribution in [2.75, 3.05) is 18.4 Å². The van der Waals surface area contributed by atoms with Crippen LogP contribution in [0.4, 0.5) is 18.9 Å². The zero-order valence-corrected chi connectivity index (χ0v) is 17.4. The van der Waals surface area contributed by atoms with E-state index in [1.807, 2.05) is 13.8 Å². The number of nitrogens with zero attached hydrogens (tertiary/aromatic N) is 1. The molecular weight excluding hydrogens is 426 g/mol. The number of nitrogens with two attached hydrogens (primary N) is 1. The highest BCUT2D eigenvalue weighted by Gasteiger charge is 2.32. The van der Waals surface area contributed by atoms with Gasteiger partial charge in [0.1, 0.15) is 6.04 Å². The quantitative estimate of drug-likeness (QED) is 0.705. The van der Waals surface area contributed by atoms with Crippen LogP contribution in [0.5, 0.6) is 0 Å². The van der Waals surface area contributed by atoms with Gasteiger partial charge in [0.05, 0.1) is 16.3 Å². The standard InChI is InChI=1S/C17H23ClF3N3O.2ClH/c1-10(2)15(16(25)24-7-5-12(22)6-8-24)23-14-4-3-11(9-13(14)18)17(19,20)21;;/h3-4,9-10,12,15,23H,5-8,22H2,1-2H3;2*1H. The molecule has 1 fully saturated rings. The molecule has 1 aromatic carbocycles. The van der Waals surface area contributed by atoms with Crippen molar-refractivity contribution in [1.82, 2.24) is 4.90 Å². The summed E-state index contributed by atoms with van der Waals surface area (Å²) in [6.07, 6.45) is -2.96. The number of alkyl halides is 3. The number of benzene rings is 1. The zero-order chi connectivity index (χ0) is 18.8. The van der Waals surface area contributed by atoms with E-state index in [2.05, 4.69) is 5.32 Å². The van der Waals surface area contributed by atoms with Gasteiger partial charge in [0, 0.05) is 19.1 Å². The Hall–Kier alpha value is -0.890. The molecule has 0 spiro atoms. The van der Waals surface area contributed by atoms with E-state index in [-0.39, 0.29) is 47.7 Å². The Morgan fingerprint density at radius 2 is 1.81 bits per heavy atom. The molecule has 1 amide bonds. The topological polar surface area (TPSA) is 58.4 Å². The van der Waals surface area contributed by atoms with Crippen molar-refractivity contribution < 1.29 is 18.0 Å². The number of piperidine rings is 1. The van der Waals surface area contributed by atoms with Crippen LogP contribution in [-0.4, -0.2) is 36.0 Å². The predicted octanol–water partition coefficient (Wildman–Crippen LogP) is 4.59. The van der Waals surface area contributed by atoms with Gasteiger partial charge in [0.15, 0.2) is 0 Å². The van der Waals surface area contributed by atoms with Gasteiger partial charge in [0.2, 0.25) is 5.91 Å². The molecule has 1 aromatic rings. The molecule has 1 aliphatic heterocycles. The highest BCUT2D eigenvalue weighted by atomic mass is 35.5. The lowest BCUT2D eigenvalue weighted by atomic mass is 9.99. The molecule has 0 saturated carbocycles. The number of hydrogen-bond donors (Lipinski definition) is 2. The van der Waals surface area contributed by atoms with Gasteiger partial charge in [-0.25, -0.2) is 0 Å². The van der Waals surface area contributed by atoms with Crippen LogP contribution in [0, 0.1) is 5.92 Å². The summed E-state index contributed by atoms with van der Waals surface area (Å²) in [4.78, 5) is 14.5. The summed E-state index contributed by atoms with van der Waals surface area (Å²) < 4.78 is 38.2. The number of carbonyl (C=O) groups is 1. The van der Waals surface area contributed by atoms with Crippen molar-refractivity contribution in [3.05, 3.63) is 28.8 Å². The summed E-state index contributed by atoms with van der Waals surface area (Å²) in [5.41, 5.74) is 5.36. The van der Waals surface area contributed by atoms with Crippen LogP contribution < -0.4 is 11.1 Å². The number of carbonyl (C=O) groups excluding carboxylic acids is 1. The third kappa shape index (κ3) is 6.89. The van der Waals surface area contributed by atoms with E-state index in [0.29, 0.717) is 18.8 Å². The minimum atomic E-state index is -4.46. The van der Waals surface area contributed by atoms with E-state index in [1.54, 1.807) is 4.90 Å². The fourth-order valence-corrected chi connectivity index (χ4v) is 3.04. The molecule has 1 heterocycles. The summed E-state index contributed by atoms with van der Waals surface area (Å²) in [6, 6.07) is 2.63. The van der Waals surface area contributed by atoms with Crippen molar-refractivity contribution in [2.45, 2.75) is 44.9 Å².